The topological polar surface area (TPSA) is 9.72 Å². The fourth-order valence-electron chi connectivity index (χ4n) is 4.12. The van der Waals surface area contributed by atoms with Gasteiger partial charge in [-0.05, 0) is 0 Å². The van der Waals surface area contributed by atoms with Crippen molar-refractivity contribution in [3.8, 4) is 0 Å². The second-order valence-corrected chi connectivity index (χ2v) is 37.1. The number of hydrazine groups is 1. The predicted molar refractivity (Wildman–Crippen MR) is 129 cm³/mol. The van der Waals surface area contributed by atoms with Gasteiger partial charge in [0.05, 0.1) is 0 Å². The van der Waals surface area contributed by atoms with Crippen molar-refractivity contribution in [3.63, 3.8) is 0 Å². The van der Waals surface area contributed by atoms with Gasteiger partial charge < -0.3 is 4.14 Å². The third-order valence-corrected chi connectivity index (χ3v) is 20.6. The smallest absolute Gasteiger partial charge is 0.343 e. The molecule has 0 rings (SSSR count). The van der Waals surface area contributed by atoms with Crippen molar-refractivity contribution in [3.05, 3.63) is 0 Å². The molecule has 0 saturated heterocycles. The third-order valence-electron chi connectivity index (χ3n) is 4.03. The van der Waals surface area contributed by atoms with Crippen LogP contribution in [0.1, 0.15) is 0 Å². The van der Waals surface area contributed by atoms with Gasteiger partial charge in [-0.25, -0.2) is 0 Å². The van der Waals surface area contributed by atoms with Crippen LogP contribution < -0.4 is 0 Å². The van der Waals surface area contributed by atoms with Crippen molar-refractivity contribution in [2.75, 3.05) is 0 Å². The highest BCUT2D eigenvalue weighted by atomic mass is 28.4. The van der Waals surface area contributed by atoms with E-state index in [1.54, 1.807) is 0 Å². The minimum Gasteiger partial charge on any atom is -0.343 e. The van der Waals surface area contributed by atoms with Crippen molar-refractivity contribution in [2.24, 2.45) is 0 Å². The van der Waals surface area contributed by atoms with E-state index in [0.717, 1.165) is 0 Å². The summed E-state index contributed by atoms with van der Waals surface area (Å²) >= 11 is 0. The highest BCUT2D eigenvalue weighted by Crippen LogP contribution is 2.32. The number of hydrogen-bond donors (Lipinski definition) is 0. The van der Waals surface area contributed by atoms with Crippen LogP contribution in [0.2, 0.25) is 98.2 Å². The fourth-order valence-corrected chi connectivity index (χ4v) is 28.4. The molecular weight excluding hydrogens is 392 g/mol. The zero-order valence-corrected chi connectivity index (χ0v) is 24.8. The molecule has 0 fully saturated rings. The molecule has 0 bridgehead atoms. The van der Waals surface area contributed by atoms with Crippen molar-refractivity contribution in [1.82, 2.24) is 13.1 Å². The highest BCUT2D eigenvalue weighted by molar-refractivity contribution is 7.00. The van der Waals surface area contributed by atoms with Gasteiger partial charge >= 0.3 is 7.26 Å². The first-order chi connectivity index (χ1) is 10.5. The molecule has 25 heavy (non-hydrogen) atoms. The Balaban J connectivity index is 6.48. The molecule has 0 saturated carbocycles. The van der Waals surface area contributed by atoms with Crippen LogP contribution in [0.5, 0.6) is 0 Å². The van der Waals surface area contributed by atoms with Crippen LogP contribution in [0.15, 0.2) is 0 Å². The van der Waals surface area contributed by atoms with E-state index in [2.05, 4.69) is 111 Å². The average Bonchev–Trinajstić information content (AvgIpc) is 2.15. The molecule has 0 amide bonds. The van der Waals surface area contributed by atoms with Crippen molar-refractivity contribution in [2.45, 2.75) is 98.2 Å². The summed E-state index contributed by atoms with van der Waals surface area (Å²) in [4.78, 5) is 0. The standard InChI is InChI=1S/C15H45BFN3Si5/c1-21(2,3)18(20(24(10,11)12)25(13,14)15)16(17)19(22(4,5)6)23(7,8)9/h1-15H3. The van der Waals surface area contributed by atoms with E-state index in [1.165, 1.54) is 0 Å². The molecule has 0 heterocycles. The third kappa shape index (κ3) is 7.13. The van der Waals surface area contributed by atoms with Crippen molar-refractivity contribution < 1.29 is 4.32 Å². The van der Waals surface area contributed by atoms with Crippen LogP contribution in [0.3, 0.4) is 0 Å². The lowest BCUT2D eigenvalue weighted by Crippen LogP contribution is -2.80. The normalized spacial score (nSPS) is 15.5. The summed E-state index contributed by atoms with van der Waals surface area (Å²) in [5.41, 5.74) is 0. The monoisotopic (exact) mass is 437 g/mol. The highest BCUT2D eigenvalue weighted by Gasteiger charge is 2.54. The SMILES string of the molecule is C[Si](C)(C)N(B(F)N([Si](C)(C)C)[Si](C)(C)C)N([Si](C)(C)C)[Si](C)(C)C. The van der Waals surface area contributed by atoms with Gasteiger partial charge in [0, 0.05) is 0 Å². The summed E-state index contributed by atoms with van der Waals surface area (Å²) < 4.78 is 23.7. The second kappa shape index (κ2) is 7.76. The molecule has 150 valence electrons. The Hall–Kier alpha value is 0.959. The van der Waals surface area contributed by atoms with Gasteiger partial charge in [0.15, 0.2) is 0 Å². The fraction of sp³-hybridized carbons (Fsp3) is 1.00. The van der Waals surface area contributed by atoms with Gasteiger partial charge in [0.25, 0.3) is 0 Å². The lowest BCUT2D eigenvalue weighted by molar-refractivity contribution is 0.323. The molecule has 3 nitrogen and oxygen atoms in total. The second-order valence-electron chi connectivity index (χ2n) is 12.2. The van der Waals surface area contributed by atoms with Crippen LogP contribution in [0.25, 0.3) is 0 Å². The summed E-state index contributed by atoms with van der Waals surface area (Å²) in [6, 6.07) is 0. The molecule has 0 radical (unpaired) electrons. The maximum absolute atomic E-state index is 16.5. The molecular formula is C15H45BFN3Si5. The van der Waals surface area contributed by atoms with Gasteiger partial charge in [-0.3, -0.25) is 13.2 Å². The first-order valence-corrected chi connectivity index (χ1v) is 26.8. The van der Waals surface area contributed by atoms with E-state index in [-0.39, 0.29) is 0 Å². The molecule has 0 aromatic carbocycles. The van der Waals surface area contributed by atoms with Crippen molar-refractivity contribution in [1.29, 1.82) is 0 Å². The lowest BCUT2D eigenvalue weighted by Gasteiger charge is -2.58. The summed E-state index contributed by atoms with van der Waals surface area (Å²) in [5, 5.41) is 0. The maximum atomic E-state index is 16.5. The largest absolute Gasteiger partial charge is 0.513 e. The molecule has 0 N–H and O–H groups in total. The molecule has 0 aromatic rings. The van der Waals surface area contributed by atoms with E-state index in [9.17, 15) is 0 Å². The molecule has 0 aliphatic carbocycles. The molecule has 0 aliphatic heterocycles. The van der Waals surface area contributed by atoms with E-state index in [4.69, 9.17) is 0 Å². The minimum absolute atomic E-state index is 0.983. The lowest BCUT2D eigenvalue weighted by atomic mass is 10.1. The Morgan fingerprint density at radius 1 is 0.480 bits per heavy atom. The first-order valence-electron chi connectivity index (χ1n) is 9.55. The molecule has 0 unspecified atom stereocenters. The minimum atomic E-state index is -1.90. The number of rotatable bonds is 8. The summed E-state index contributed by atoms with van der Waals surface area (Å²) in [6.45, 7) is 35.0. The Labute approximate surface area is 163 Å². The molecule has 0 spiro atoms. The van der Waals surface area contributed by atoms with Gasteiger partial charge in [-0.1, -0.05) is 98.2 Å². The van der Waals surface area contributed by atoms with E-state index in [0.29, 0.717) is 0 Å². The summed E-state index contributed by atoms with van der Waals surface area (Å²) in [7, 11) is -9.85. The van der Waals surface area contributed by atoms with Crippen LogP contribution in [-0.2, 0) is 0 Å². The number of nitrogens with zero attached hydrogens (tertiary/aromatic N) is 3. The number of halogens is 1. The van der Waals surface area contributed by atoms with E-state index < -0.39 is 48.4 Å². The van der Waals surface area contributed by atoms with Crippen LogP contribution in [0, 0.1) is 0 Å². The quantitative estimate of drug-likeness (QED) is 0.344. The van der Waals surface area contributed by atoms with Crippen molar-refractivity contribution >= 4 is 48.4 Å². The van der Waals surface area contributed by atoms with Gasteiger partial charge in [0.1, 0.15) is 41.2 Å². The molecule has 0 atom stereocenters. The Bertz CT molecular complexity index is 419. The van der Waals surface area contributed by atoms with Gasteiger partial charge in [0.2, 0.25) is 0 Å². The average molecular weight is 438 g/mol. The van der Waals surface area contributed by atoms with Gasteiger partial charge in [-0.2, -0.15) is 0 Å². The first kappa shape index (κ1) is 26.0. The zero-order valence-electron chi connectivity index (χ0n) is 19.8. The Kier molecular flexibility index (Phi) is 8.06. The van der Waals surface area contributed by atoms with Crippen LogP contribution in [-0.4, -0.2) is 61.5 Å². The Morgan fingerprint density at radius 2 is 0.760 bits per heavy atom. The predicted octanol–water partition coefficient (Wildman–Crippen LogP) is 5.94. The van der Waals surface area contributed by atoms with Crippen LogP contribution in [0.4, 0.5) is 4.32 Å². The molecule has 0 aliphatic rings. The molecule has 10 heteroatoms. The number of hydrogen-bond acceptors (Lipinski definition) is 3. The van der Waals surface area contributed by atoms with E-state index in [1.807, 2.05) is 0 Å². The maximum Gasteiger partial charge on any atom is 0.513 e. The van der Waals surface area contributed by atoms with Gasteiger partial charge in [-0.15, -0.1) is 0 Å². The zero-order chi connectivity index (χ0) is 20.8. The van der Waals surface area contributed by atoms with Crippen LogP contribution >= 0.6 is 0 Å². The Morgan fingerprint density at radius 3 is 0.920 bits per heavy atom. The molecule has 0 aromatic heterocycles. The summed E-state index contributed by atoms with van der Waals surface area (Å²) in [5.74, 6) is 0. The summed E-state index contributed by atoms with van der Waals surface area (Å²) in [6.07, 6.45) is 0. The van der Waals surface area contributed by atoms with E-state index >= 15 is 4.32 Å².